The van der Waals surface area contributed by atoms with Crippen molar-refractivity contribution in [2.75, 3.05) is 18.5 Å². The predicted octanol–water partition coefficient (Wildman–Crippen LogP) is 2.30. The number of carbonyl (C=O) groups is 2. The molecule has 6 nitrogen and oxygen atoms in total. The molecule has 0 aromatic heterocycles. The Morgan fingerprint density at radius 2 is 1.95 bits per heavy atom. The molecule has 6 heteroatoms. The van der Waals surface area contributed by atoms with E-state index in [-0.39, 0.29) is 25.0 Å². The van der Waals surface area contributed by atoms with E-state index in [0.29, 0.717) is 11.3 Å². The number of carboxylic acids is 1. The first kappa shape index (κ1) is 16.5. The van der Waals surface area contributed by atoms with Crippen LogP contribution in [0.2, 0.25) is 0 Å². The highest BCUT2D eigenvalue weighted by atomic mass is 16.4. The average Bonchev–Trinajstić information content (AvgIpc) is 2.45. The van der Waals surface area contributed by atoms with E-state index < -0.39 is 5.97 Å². The molecule has 0 radical (unpaired) electrons. The van der Waals surface area contributed by atoms with Crippen LogP contribution in [0.4, 0.5) is 10.5 Å². The standard InChI is InChI=1S/C15H19N3O3/c1-11(2)18(9-8-14(19)20)15(21)17(3)13-7-5-4-6-12(13)10-16/h4-7,11H,8-9H2,1-3H3,(H,19,20). The van der Waals surface area contributed by atoms with Crippen molar-refractivity contribution in [1.82, 2.24) is 4.90 Å². The lowest BCUT2D eigenvalue weighted by Crippen LogP contribution is -2.46. The quantitative estimate of drug-likeness (QED) is 0.901. The molecular weight excluding hydrogens is 270 g/mol. The van der Waals surface area contributed by atoms with Gasteiger partial charge in [0.1, 0.15) is 6.07 Å². The summed E-state index contributed by atoms with van der Waals surface area (Å²) in [6.45, 7) is 3.78. The molecule has 0 unspecified atom stereocenters. The van der Waals surface area contributed by atoms with Crippen LogP contribution in [-0.4, -0.2) is 41.6 Å². The number of para-hydroxylation sites is 1. The maximum atomic E-state index is 12.5. The first-order valence-corrected chi connectivity index (χ1v) is 6.63. The molecule has 0 aliphatic rings. The van der Waals surface area contributed by atoms with Crippen molar-refractivity contribution in [2.24, 2.45) is 0 Å². The molecule has 0 aliphatic carbocycles. The van der Waals surface area contributed by atoms with Crippen molar-refractivity contribution >= 4 is 17.7 Å². The monoisotopic (exact) mass is 289 g/mol. The van der Waals surface area contributed by atoms with E-state index in [1.165, 1.54) is 9.80 Å². The Hall–Kier alpha value is -2.55. The minimum absolute atomic E-state index is 0.113. The lowest BCUT2D eigenvalue weighted by atomic mass is 10.2. The molecule has 1 rings (SSSR count). The van der Waals surface area contributed by atoms with Crippen LogP contribution >= 0.6 is 0 Å². The number of hydrogen-bond donors (Lipinski definition) is 1. The van der Waals surface area contributed by atoms with Gasteiger partial charge in [0, 0.05) is 19.6 Å². The molecule has 0 atom stereocenters. The number of nitriles is 1. The minimum Gasteiger partial charge on any atom is -0.481 e. The largest absolute Gasteiger partial charge is 0.481 e. The van der Waals surface area contributed by atoms with Gasteiger partial charge < -0.3 is 10.0 Å². The first-order chi connectivity index (χ1) is 9.88. The van der Waals surface area contributed by atoms with E-state index in [9.17, 15) is 9.59 Å². The third-order valence-electron chi connectivity index (χ3n) is 3.11. The molecule has 0 fully saturated rings. The number of rotatable bonds is 5. The van der Waals surface area contributed by atoms with Crippen molar-refractivity contribution in [3.8, 4) is 6.07 Å². The molecule has 0 bridgehead atoms. The molecule has 112 valence electrons. The van der Waals surface area contributed by atoms with Crippen LogP contribution in [-0.2, 0) is 4.79 Å². The molecule has 1 aromatic carbocycles. The summed E-state index contributed by atoms with van der Waals surface area (Å²) in [6, 6.07) is 8.38. The summed E-state index contributed by atoms with van der Waals surface area (Å²) in [5.74, 6) is -0.950. The topological polar surface area (TPSA) is 84.6 Å². The maximum absolute atomic E-state index is 12.5. The summed E-state index contributed by atoms with van der Waals surface area (Å²) in [4.78, 5) is 26.1. The Labute approximate surface area is 124 Å². The van der Waals surface area contributed by atoms with Gasteiger partial charge in [-0.2, -0.15) is 5.26 Å². The van der Waals surface area contributed by atoms with Crippen molar-refractivity contribution < 1.29 is 14.7 Å². The van der Waals surface area contributed by atoms with Gasteiger partial charge in [0.25, 0.3) is 0 Å². The summed E-state index contributed by atoms with van der Waals surface area (Å²) in [6.07, 6.45) is -0.113. The average molecular weight is 289 g/mol. The molecule has 0 saturated heterocycles. The molecule has 0 heterocycles. The van der Waals surface area contributed by atoms with Gasteiger partial charge in [0.2, 0.25) is 0 Å². The zero-order chi connectivity index (χ0) is 16.0. The molecule has 1 N–H and O–H groups in total. The van der Waals surface area contributed by atoms with Crippen LogP contribution in [0.15, 0.2) is 24.3 Å². The number of carbonyl (C=O) groups excluding carboxylic acids is 1. The molecule has 0 spiro atoms. The summed E-state index contributed by atoms with van der Waals surface area (Å²) in [5.41, 5.74) is 0.904. The van der Waals surface area contributed by atoms with Crippen LogP contribution in [0.25, 0.3) is 0 Å². The van der Waals surface area contributed by atoms with Crippen molar-refractivity contribution in [3.63, 3.8) is 0 Å². The van der Waals surface area contributed by atoms with Crippen LogP contribution in [0.5, 0.6) is 0 Å². The molecule has 2 amide bonds. The maximum Gasteiger partial charge on any atom is 0.324 e. The minimum atomic E-state index is -0.950. The fourth-order valence-corrected chi connectivity index (χ4v) is 1.95. The molecule has 1 aromatic rings. The summed E-state index contributed by atoms with van der Waals surface area (Å²) in [5, 5.41) is 17.9. The van der Waals surface area contributed by atoms with Gasteiger partial charge in [-0.05, 0) is 26.0 Å². The van der Waals surface area contributed by atoms with Gasteiger partial charge >= 0.3 is 12.0 Å². The number of urea groups is 1. The van der Waals surface area contributed by atoms with Gasteiger partial charge in [-0.15, -0.1) is 0 Å². The van der Waals surface area contributed by atoms with E-state index in [2.05, 4.69) is 0 Å². The van der Waals surface area contributed by atoms with Crippen LogP contribution in [0, 0.1) is 11.3 Å². The second-order valence-electron chi connectivity index (χ2n) is 4.90. The second kappa shape index (κ2) is 7.29. The van der Waals surface area contributed by atoms with E-state index in [0.717, 1.165) is 0 Å². The molecule has 0 saturated carbocycles. The van der Waals surface area contributed by atoms with Gasteiger partial charge in [-0.1, -0.05) is 12.1 Å². The fourth-order valence-electron chi connectivity index (χ4n) is 1.95. The zero-order valence-corrected chi connectivity index (χ0v) is 12.4. The number of benzene rings is 1. The third-order valence-corrected chi connectivity index (χ3v) is 3.11. The number of carboxylic acid groups (broad SMARTS) is 1. The highest BCUT2D eigenvalue weighted by molar-refractivity contribution is 5.93. The van der Waals surface area contributed by atoms with Crippen molar-refractivity contribution in [3.05, 3.63) is 29.8 Å². The number of nitrogens with zero attached hydrogens (tertiary/aromatic N) is 3. The molecule has 0 aliphatic heterocycles. The summed E-state index contributed by atoms with van der Waals surface area (Å²) >= 11 is 0. The number of amides is 2. The number of anilines is 1. The van der Waals surface area contributed by atoms with Gasteiger partial charge in [-0.3, -0.25) is 9.69 Å². The lowest BCUT2D eigenvalue weighted by Gasteiger charge is -2.31. The smallest absolute Gasteiger partial charge is 0.324 e. The van der Waals surface area contributed by atoms with Crippen LogP contribution < -0.4 is 4.90 Å². The van der Waals surface area contributed by atoms with E-state index in [1.54, 1.807) is 31.3 Å². The Kier molecular flexibility index (Phi) is 5.73. The third kappa shape index (κ3) is 4.21. The highest BCUT2D eigenvalue weighted by Crippen LogP contribution is 2.20. The second-order valence-corrected chi connectivity index (χ2v) is 4.90. The van der Waals surface area contributed by atoms with E-state index in [4.69, 9.17) is 10.4 Å². The zero-order valence-electron chi connectivity index (χ0n) is 12.4. The Balaban J connectivity index is 2.98. The molecular formula is C15H19N3O3. The van der Waals surface area contributed by atoms with Gasteiger partial charge in [0.05, 0.1) is 17.7 Å². The number of aliphatic carboxylic acids is 1. The number of hydrogen-bond acceptors (Lipinski definition) is 3. The molecule has 21 heavy (non-hydrogen) atoms. The van der Waals surface area contributed by atoms with Crippen LogP contribution in [0.1, 0.15) is 25.8 Å². The Morgan fingerprint density at radius 3 is 2.48 bits per heavy atom. The van der Waals surface area contributed by atoms with E-state index >= 15 is 0 Å². The summed E-state index contributed by atoms with van der Waals surface area (Å²) in [7, 11) is 1.58. The highest BCUT2D eigenvalue weighted by Gasteiger charge is 2.23. The summed E-state index contributed by atoms with van der Waals surface area (Å²) < 4.78 is 0. The Bertz CT molecular complexity index is 564. The lowest BCUT2D eigenvalue weighted by molar-refractivity contribution is -0.137. The van der Waals surface area contributed by atoms with Crippen molar-refractivity contribution in [1.29, 1.82) is 5.26 Å². The normalized spacial score (nSPS) is 10.0. The first-order valence-electron chi connectivity index (χ1n) is 6.63. The predicted molar refractivity (Wildman–Crippen MR) is 79.1 cm³/mol. The van der Waals surface area contributed by atoms with Gasteiger partial charge in [0.15, 0.2) is 0 Å². The van der Waals surface area contributed by atoms with Gasteiger partial charge in [-0.25, -0.2) is 4.79 Å². The fraction of sp³-hybridized carbons (Fsp3) is 0.400. The SMILES string of the molecule is CC(C)N(CCC(=O)O)C(=O)N(C)c1ccccc1C#N. The van der Waals surface area contributed by atoms with E-state index in [1.807, 2.05) is 19.9 Å². The van der Waals surface area contributed by atoms with Crippen LogP contribution in [0.3, 0.4) is 0 Å². The van der Waals surface area contributed by atoms with Crippen molar-refractivity contribution in [2.45, 2.75) is 26.3 Å². The Morgan fingerprint density at radius 1 is 1.33 bits per heavy atom.